The first kappa shape index (κ1) is 19.7. The standard InChI is InChI=1S/C15H25N3O4/c1-10(2)9-22-13(12(8-16)14(20)21)17-7-6-15(4,5)18-11(3)19/h6-8,10,16-17H,9H2,1-5H3,(H,18,19)(H,20,21)/b7-6+,13-12-,16-8?. The minimum atomic E-state index is -1.25. The second kappa shape index (κ2) is 8.86. The van der Waals surface area contributed by atoms with Gasteiger partial charge in [0.1, 0.15) is 5.57 Å². The van der Waals surface area contributed by atoms with Crippen LogP contribution < -0.4 is 10.6 Å². The zero-order chi connectivity index (χ0) is 17.3. The SMILES string of the molecule is CC(=O)NC(C)(C)/C=C/N/C(OCC(C)C)=C(\C=N)C(=O)O. The van der Waals surface area contributed by atoms with Crippen LogP contribution in [0.25, 0.3) is 0 Å². The predicted octanol–water partition coefficient (Wildman–Crippen LogP) is 1.62. The summed E-state index contributed by atoms with van der Waals surface area (Å²) in [7, 11) is 0. The maximum atomic E-state index is 11.1. The summed E-state index contributed by atoms with van der Waals surface area (Å²) >= 11 is 0. The smallest absolute Gasteiger partial charge is 0.342 e. The Morgan fingerprint density at radius 1 is 1.36 bits per heavy atom. The van der Waals surface area contributed by atoms with Crippen molar-refractivity contribution in [3.05, 3.63) is 23.7 Å². The van der Waals surface area contributed by atoms with Crippen molar-refractivity contribution >= 4 is 18.1 Å². The van der Waals surface area contributed by atoms with Gasteiger partial charge in [0.15, 0.2) is 0 Å². The average molecular weight is 311 g/mol. The molecule has 0 aromatic heterocycles. The van der Waals surface area contributed by atoms with E-state index in [-0.39, 0.29) is 23.3 Å². The highest BCUT2D eigenvalue weighted by Crippen LogP contribution is 2.07. The number of nitrogens with one attached hydrogen (secondary N) is 3. The number of rotatable bonds is 9. The molecule has 0 unspecified atom stereocenters. The molecule has 0 heterocycles. The van der Waals surface area contributed by atoms with E-state index in [9.17, 15) is 9.59 Å². The highest BCUT2D eigenvalue weighted by molar-refractivity contribution is 6.07. The van der Waals surface area contributed by atoms with Gasteiger partial charge in [0.2, 0.25) is 11.8 Å². The summed E-state index contributed by atoms with van der Waals surface area (Å²) in [5.41, 5.74) is -0.876. The Morgan fingerprint density at radius 2 is 1.95 bits per heavy atom. The van der Waals surface area contributed by atoms with Crippen LogP contribution >= 0.6 is 0 Å². The molecule has 0 aliphatic rings. The molecular weight excluding hydrogens is 286 g/mol. The van der Waals surface area contributed by atoms with Crippen LogP contribution in [0.15, 0.2) is 23.7 Å². The van der Waals surface area contributed by atoms with Crippen molar-refractivity contribution in [1.82, 2.24) is 10.6 Å². The predicted molar refractivity (Wildman–Crippen MR) is 84.4 cm³/mol. The quantitative estimate of drug-likeness (QED) is 0.294. The molecule has 0 aliphatic heterocycles. The van der Waals surface area contributed by atoms with E-state index in [0.717, 1.165) is 6.21 Å². The summed E-state index contributed by atoms with van der Waals surface area (Å²) in [5, 5.41) is 21.7. The van der Waals surface area contributed by atoms with Gasteiger partial charge in [0.25, 0.3) is 0 Å². The fourth-order valence-corrected chi connectivity index (χ4v) is 1.49. The van der Waals surface area contributed by atoms with Crippen LogP contribution in [0.5, 0.6) is 0 Å². The molecule has 7 heteroatoms. The van der Waals surface area contributed by atoms with Crippen molar-refractivity contribution in [3.8, 4) is 0 Å². The van der Waals surface area contributed by atoms with Gasteiger partial charge in [-0.25, -0.2) is 4.79 Å². The van der Waals surface area contributed by atoms with Crippen molar-refractivity contribution in [1.29, 1.82) is 5.41 Å². The molecule has 0 spiro atoms. The van der Waals surface area contributed by atoms with E-state index in [0.29, 0.717) is 6.61 Å². The van der Waals surface area contributed by atoms with E-state index in [2.05, 4.69) is 10.6 Å². The largest absolute Gasteiger partial charge is 0.478 e. The maximum absolute atomic E-state index is 11.1. The summed E-state index contributed by atoms with van der Waals surface area (Å²) in [6.45, 7) is 9.17. The van der Waals surface area contributed by atoms with E-state index in [4.69, 9.17) is 15.3 Å². The molecule has 0 saturated carbocycles. The summed E-state index contributed by atoms with van der Waals surface area (Å²) in [6.07, 6.45) is 3.87. The second-order valence-corrected chi connectivity index (χ2v) is 5.78. The Morgan fingerprint density at radius 3 is 2.36 bits per heavy atom. The minimum Gasteiger partial charge on any atom is -0.478 e. The zero-order valence-corrected chi connectivity index (χ0v) is 13.7. The van der Waals surface area contributed by atoms with Gasteiger partial charge in [0, 0.05) is 19.3 Å². The lowest BCUT2D eigenvalue weighted by Crippen LogP contribution is -2.40. The third-order valence-corrected chi connectivity index (χ3v) is 2.39. The molecule has 4 N–H and O–H groups in total. The molecule has 7 nitrogen and oxygen atoms in total. The number of hydrogen-bond acceptors (Lipinski definition) is 5. The minimum absolute atomic E-state index is 0.00826. The van der Waals surface area contributed by atoms with Crippen LogP contribution in [0.4, 0.5) is 0 Å². The molecule has 124 valence electrons. The first-order valence-corrected chi connectivity index (χ1v) is 6.93. The molecule has 0 radical (unpaired) electrons. The molecule has 0 bridgehead atoms. The Bertz CT molecular complexity index is 479. The highest BCUT2D eigenvalue weighted by atomic mass is 16.5. The fraction of sp³-hybridized carbons (Fsp3) is 0.533. The van der Waals surface area contributed by atoms with Crippen LogP contribution in [0.2, 0.25) is 0 Å². The Balaban J connectivity index is 5.11. The van der Waals surface area contributed by atoms with Crippen molar-refractivity contribution in [2.24, 2.45) is 5.92 Å². The van der Waals surface area contributed by atoms with Gasteiger partial charge in [0.05, 0.1) is 12.1 Å². The fourth-order valence-electron chi connectivity index (χ4n) is 1.49. The molecule has 0 aromatic carbocycles. The van der Waals surface area contributed by atoms with Gasteiger partial charge >= 0.3 is 5.97 Å². The molecule has 0 aromatic rings. The van der Waals surface area contributed by atoms with Gasteiger partial charge in [-0.15, -0.1) is 0 Å². The summed E-state index contributed by atoms with van der Waals surface area (Å²) in [6, 6.07) is 0. The molecule has 1 amide bonds. The van der Waals surface area contributed by atoms with Crippen LogP contribution in [-0.2, 0) is 14.3 Å². The number of carbonyl (C=O) groups is 2. The topological polar surface area (TPSA) is 112 Å². The van der Waals surface area contributed by atoms with Gasteiger partial charge in [-0.05, 0) is 25.8 Å². The second-order valence-electron chi connectivity index (χ2n) is 5.78. The number of hydrogen-bond donors (Lipinski definition) is 4. The molecule has 22 heavy (non-hydrogen) atoms. The maximum Gasteiger partial charge on any atom is 0.342 e. The van der Waals surface area contributed by atoms with Crippen LogP contribution in [-0.4, -0.2) is 35.3 Å². The van der Waals surface area contributed by atoms with E-state index in [1.54, 1.807) is 19.9 Å². The zero-order valence-electron chi connectivity index (χ0n) is 13.7. The lowest BCUT2D eigenvalue weighted by atomic mass is 10.1. The number of aliphatic carboxylic acids is 1. The normalized spacial score (nSPS) is 12.8. The van der Waals surface area contributed by atoms with Gasteiger partial charge < -0.3 is 25.9 Å². The highest BCUT2D eigenvalue weighted by Gasteiger charge is 2.16. The van der Waals surface area contributed by atoms with E-state index in [1.807, 2.05) is 13.8 Å². The lowest BCUT2D eigenvalue weighted by molar-refractivity contribution is -0.132. The lowest BCUT2D eigenvalue weighted by Gasteiger charge is -2.21. The molecule has 0 saturated heterocycles. The number of carboxylic acid groups (broad SMARTS) is 1. The van der Waals surface area contributed by atoms with Crippen molar-refractivity contribution < 1.29 is 19.4 Å². The molecule has 0 fully saturated rings. The molecule has 0 rings (SSSR count). The summed E-state index contributed by atoms with van der Waals surface area (Å²) in [5.74, 6) is -1.23. The number of ether oxygens (including phenoxy) is 1. The number of carbonyl (C=O) groups excluding carboxylic acids is 1. The van der Waals surface area contributed by atoms with E-state index < -0.39 is 11.5 Å². The number of amides is 1. The van der Waals surface area contributed by atoms with Crippen molar-refractivity contribution in [2.45, 2.75) is 40.2 Å². The van der Waals surface area contributed by atoms with Gasteiger partial charge in [-0.1, -0.05) is 13.8 Å². The van der Waals surface area contributed by atoms with Gasteiger partial charge in [-0.3, -0.25) is 4.79 Å². The van der Waals surface area contributed by atoms with Crippen LogP contribution in [0, 0.1) is 11.3 Å². The third-order valence-electron chi connectivity index (χ3n) is 2.39. The van der Waals surface area contributed by atoms with E-state index in [1.165, 1.54) is 13.1 Å². The first-order valence-electron chi connectivity index (χ1n) is 6.93. The van der Waals surface area contributed by atoms with Crippen LogP contribution in [0.1, 0.15) is 34.6 Å². The van der Waals surface area contributed by atoms with Gasteiger partial charge in [-0.2, -0.15) is 0 Å². The monoisotopic (exact) mass is 311 g/mol. The Kier molecular flexibility index (Phi) is 7.93. The van der Waals surface area contributed by atoms with E-state index >= 15 is 0 Å². The average Bonchev–Trinajstić information content (AvgIpc) is 2.33. The first-order chi connectivity index (χ1) is 10.1. The summed E-state index contributed by atoms with van der Waals surface area (Å²) < 4.78 is 5.41. The number of carboxylic acids is 1. The third kappa shape index (κ3) is 8.08. The van der Waals surface area contributed by atoms with Crippen molar-refractivity contribution in [2.75, 3.05) is 6.61 Å². The van der Waals surface area contributed by atoms with Crippen molar-refractivity contribution in [3.63, 3.8) is 0 Å². The Labute approximate surface area is 130 Å². The Hall–Kier alpha value is -2.31. The molecule has 0 aliphatic carbocycles. The summed E-state index contributed by atoms with van der Waals surface area (Å²) in [4.78, 5) is 22.2. The van der Waals surface area contributed by atoms with Crippen LogP contribution in [0.3, 0.4) is 0 Å². The molecular formula is C15H25N3O4. The molecule has 0 atom stereocenters.